The standard InChI is InChI=1S/C11H13BrN4O/c12-10-6-16-9(4-15-11(16)5-14-10)3-13-8-1-2-17-7-8/h4-6,8,13H,1-3,7H2. The number of nitrogens with one attached hydrogen (secondary N) is 1. The lowest BCUT2D eigenvalue weighted by molar-refractivity contribution is 0.189. The zero-order valence-electron chi connectivity index (χ0n) is 9.27. The van der Waals surface area contributed by atoms with Crippen LogP contribution in [-0.2, 0) is 11.3 Å². The predicted octanol–water partition coefficient (Wildman–Crippen LogP) is 1.37. The van der Waals surface area contributed by atoms with Crippen molar-refractivity contribution in [1.82, 2.24) is 19.7 Å². The van der Waals surface area contributed by atoms with Crippen LogP contribution < -0.4 is 5.32 Å². The number of ether oxygens (including phenoxy) is 1. The average molecular weight is 297 g/mol. The van der Waals surface area contributed by atoms with Gasteiger partial charge in [-0.1, -0.05) is 0 Å². The number of rotatable bonds is 3. The second kappa shape index (κ2) is 4.72. The van der Waals surface area contributed by atoms with Crippen molar-refractivity contribution in [3.05, 3.63) is 28.9 Å². The van der Waals surface area contributed by atoms with Gasteiger partial charge in [0.05, 0.1) is 24.7 Å². The Morgan fingerprint density at radius 3 is 3.24 bits per heavy atom. The van der Waals surface area contributed by atoms with Gasteiger partial charge in [-0.05, 0) is 22.4 Å². The zero-order valence-corrected chi connectivity index (χ0v) is 10.9. The van der Waals surface area contributed by atoms with Crippen molar-refractivity contribution < 1.29 is 4.74 Å². The molecule has 0 spiro atoms. The van der Waals surface area contributed by atoms with Crippen LogP contribution in [0.4, 0.5) is 0 Å². The molecular formula is C11H13BrN4O. The van der Waals surface area contributed by atoms with Crippen molar-refractivity contribution in [3.63, 3.8) is 0 Å². The molecule has 1 N–H and O–H groups in total. The molecule has 1 atom stereocenters. The van der Waals surface area contributed by atoms with Gasteiger partial charge in [0, 0.05) is 25.4 Å². The minimum atomic E-state index is 0.464. The molecule has 3 heterocycles. The van der Waals surface area contributed by atoms with E-state index in [1.165, 1.54) is 0 Å². The number of imidazole rings is 1. The first kappa shape index (κ1) is 11.1. The normalized spacial score (nSPS) is 20.2. The molecule has 0 bridgehead atoms. The van der Waals surface area contributed by atoms with E-state index in [0.29, 0.717) is 6.04 Å². The number of hydrogen-bond donors (Lipinski definition) is 1. The first-order valence-electron chi connectivity index (χ1n) is 5.61. The van der Waals surface area contributed by atoms with Gasteiger partial charge in [-0.25, -0.2) is 9.97 Å². The Bertz CT molecular complexity index is 521. The minimum absolute atomic E-state index is 0.464. The molecule has 2 aromatic heterocycles. The summed E-state index contributed by atoms with van der Waals surface area (Å²) in [6, 6.07) is 0.464. The fourth-order valence-corrected chi connectivity index (χ4v) is 2.30. The minimum Gasteiger partial charge on any atom is -0.380 e. The van der Waals surface area contributed by atoms with E-state index in [2.05, 4.69) is 31.2 Å². The summed E-state index contributed by atoms with van der Waals surface area (Å²) in [4.78, 5) is 8.46. The van der Waals surface area contributed by atoms with E-state index in [0.717, 1.165) is 42.1 Å². The predicted molar refractivity (Wildman–Crippen MR) is 66.8 cm³/mol. The first-order valence-corrected chi connectivity index (χ1v) is 6.41. The Balaban J connectivity index is 1.77. The number of nitrogens with zero attached hydrogens (tertiary/aromatic N) is 3. The van der Waals surface area contributed by atoms with Gasteiger partial charge >= 0.3 is 0 Å². The summed E-state index contributed by atoms with van der Waals surface area (Å²) in [7, 11) is 0. The summed E-state index contributed by atoms with van der Waals surface area (Å²) in [5.74, 6) is 0. The zero-order chi connectivity index (χ0) is 11.7. The Morgan fingerprint density at radius 1 is 1.47 bits per heavy atom. The Morgan fingerprint density at radius 2 is 2.41 bits per heavy atom. The Labute approximate surface area is 107 Å². The molecule has 1 fully saturated rings. The molecular weight excluding hydrogens is 284 g/mol. The Hall–Kier alpha value is -0.980. The molecule has 1 aliphatic rings. The monoisotopic (exact) mass is 296 g/mol. The molecule has 0 amide bonds. The maximum absolute atomic E-state index is 5.33. The molecule has 2 aromatic rings. The topological polar surface area (TPSA) is 51.5 Å². The SMILES string of the molecule is Brc1cn2c(CNC3CCOC3)cnc2cn1. The van der Waals surface area contributed by atoms with Crippen LogP contribution >= 0.6 is 15.9 Å². The van der Waals surface area contributed by atoms with Gasteiger partial charge < -0.3 is 10.1 Å². The summed E-state index contributed by atoms with van der Waals surface area (Å²) < 4.78 is 8.19. The number of aromatic nitrogens is 3. The van der Waals surface area contributed by atoms with E-state index in [1.807, 2.05) is 16.8 Å². The van der Waals surface area contributed by atoms with Crippen molar-refractivity contribution in [2.24, 2.45) is 0 Å². The van der Waals surface area contributed by atoms with Gasteiger partial charge in [0.25, 0.3) is 0 Å². The van der Waals surface area contributed by atoms with Crippen LogP contribution in [0.3, 0.4) is 0 Å². The first-order chi connectivity index (χ1) is 8.33. The number of halogens is 1. The third-order valence-corrected chi connectivity index (χ3v) is 3.35. The second-order valence-corrected chi connectivity index (χ2v) is 4.94. The lowest BCUT2D eigenvalue weighted by Gasteiger charge is -2.09. The molecule has 1 saturated heterocycles. The van der Waals surface area contributed by atoms with E-state index in [9.17, 15) is 0 Å². The van der Waals surface area contributed by atoms with Gasteiger partial charge in [0.15, 0.2) is 5.65 Å². The van der Waals surface area contributed by atoms with Gasteiger partial charge in [-0.15, -0.1) is 0 Å². The fourth-order valence-electron chi connectivity index (χ4n) is 1.99. The molecule has 17 heavy (non-hydrogen) atoms. The summed E-state index contributed by atoms with van der Waals surface area (Å²) in [6.07, 6.45) is 6.66. The van der Waals surface area contributed by atoms with E-state index in [1.54, 1.807) is 6.20 Å². The highest BCUT2D eigenvalue weighted by Crippen LogP contribution is 2.11. The van der Waals surface area contributed by atoms with E-state index >= 15 is 0 Å². The van der Waals surface area contributed by atoms with Gasteiger partial charge in [-0.3, -0.25) is 4.40 Å². The average Bonchev–Trinajstić information content (AvgIpc) is 2.94. The fraction of sp³-hybridized carbons (Fsp3) is 0.455. The van der Waals surface area contributed by atoms with Crippen molar-refractivity contribution >= 4 is 21.6 Å². The summed E-state index contributed by atoms with van der Waals surface area (Å²) in [5, 5.41) is 3.47. The smallest absolute Gasteiger partial charge is 0.155 e. The van der Waals surface area contributed by atoms with Crippen LogP contribution in [0, 0.1) is 0 Å². The molecule has 6 heteroatoms. The van der Waals surface area contributed by atoms with Crippen LogP contribution in [0.5, 0.6) is 0 Å². The van der Waals surface area contributed by atoms with Crippen LogP contribution in [0.25, 0.3) is 5.65 Å². The number of hydrogen-bond acceptors (Lipinski definition) is 4. The van der Waals surface area contributed by atoms with E-state index < -0.39 is 0 Å². The van der Waals surface area contributed by atoms with Crippen molar-refractivity contribution in [2.75, 3.05) is 13.2 Å². The second-order valence-electron chi connectivity index (χ2n) is 4.13. The third-order valence-electron chi connectivity index (χ3n) is 2.94. The van der Waals surface area contributed by atoms with Crippen molar-refractivity contribution in [1.29, 1.82) is 0 Å². The Kier molecular flexibility index (Phi) is 3.09. The third kappa shape index (κ3) is 2.34. The molecule has 0 radical (unpaired) electrons. The van der Waals surface area contributed by atoms with Gasteiger partial charge in [-0.2, -0.15) is 0 Å². The lowest BCUT2D eigenvalue weighted by atomic mass is 10.2. The molecule has 3 rings (SSSR count). The summed E-state index contributed by atoms with van der Waals surface area (Å²) in [5.41, 5.74) is 2.00. The largest absolute Gasteiger partial charge is 0.380 e. The lowest BCUT2D eigenvalue weighted by Crippen LogP contribution is -2.29. The van der Waals surface area contributed by atoms with Crippen LogP contribution in [0.2, 0.25) is 0 Å². The quantitative estimate of drug-likeness (QED) is 0.929. The maximum Gasteiger partial charge on any atom is 0.155 e. The summed E-state index contributed by atoms with van der Waals surface area (Å²) >= 11 is 3.37. The molecule has 5 nitrogen and oxygen atoms in total. The number of fused-ring (bicyclic) bond motifs is 1. The van der Waals surface area contributed by atoms with Gasteiger partial charge in [0.2, 0.25) is 0 Å². The maximum atomic E-state index is 5.33. The highest BCUT2D eigenvalue weighted by atomic mass is 79.9. The molecule has 0 aromatic carbocycles. The van der Waals surface area contributed by atoms with Crippen molar-refractivity contribution in [2.45, 2.75) is 19.0 Å². The highest BCUT2D eigenvalue weighted by molar-refractivity contribution is 9.10. The van der Waals surface area contributed by atoms with Crippen LogP contribution in [0.15, 0.2) is 23.2 Å². The highest BCUT2D eigenvalue weighted by Gasteiger charge is 2.15. The van der Waals surface area contributed by atoms with Crippen molar-refractivity contribution in [3.8, 4) is 0 Å². The van der Waals surface area contributed by atoms with E-state index in [4.69, 9.17) is 4.74 Å². The summed E-state index contributed by atoms with van der Waals surface area (Å²) in [6.45, 7) is 2.47. The molecule has 90 valence electrons. The van der Waals surface area contributed by atoms with Crippen LogP contribution in [-0.4, -0.2) is 33.6 Å². The molecule has 1 aliphatic heterocycles. The molecule has 1 unspecified atom stereocenters. The molecule has 0 aliphatic carbocycles. The van der Waals surface area contributed by atoms with Crippen LogP contribution in [0.1, 0.15) is 12.1 Å². The van der Waals surface area contributed by atoms with Gasteiger partial charge in [0.1, 0.15) is 4.60 Å². The van der Waals surface area contributed by atoms with E-state index in [-0.39, 0.29) is 0 Å². The molecule has 0 saturated carbocycles.